The lowest BCUT2D eigenvalue weighted by molar-refractivity contribution is 0.428. The predicted octanol–water partition coefficient (Wildman–Crippen LogP) is 9.12. The number of imidazole rings is 2. The largest absolute Gasteiger partial charge is 0.462 e. The smallest absolute Gasteiger partial charge is 0.138 e. The third-order valence-corrected chi connectivity index (χ3v) is 6.83. The summed E-state index contributed by atoms with van der Waals surface area (Å²) >= 11 is 0. The number of nitrogens with one attached hydrogen (secondary N) is 2. The number of aromatic amines is 2. The molecular weight excluding hydrogens is 480 g/mol. The molecule has 0 saturated carbocycles. The van der Waals surface area contributed by atoms with Gasteiger partial charge >= 0.3 is 0 Å². The monoisotopic (exact) mass is 516 g/mol. The molecule has 2 N–H and O–H groups in total. The van der Waals surface area contributed by atoms with Crippen LogP contribution in [0.1, 0.15) is 47.4 Å². The minimum absolute atomic E-state index is 0.0233. The van der Waals surface area contributed by atoms with Gasteiger partial charge in [-0.1, -0.05) is 65.5 Å². The normalized spacial score (nSPS) is 13.0. The van der Waals surface area contributed by atoms with Crippen molar-refractivity contribution in [1.29, 1.82) is 0 Å². The standard InChI is InChI=1S/C34H36N4O/c1-8-23(21(2)3)10-9-22(4)39-27-15-11-24(12-16-27)32-35-28-17-13-25(19-30(28)36-32)26-14-18-29-31(20-26)38-33(37-29)34(5,6)7/h8-21H,1H2,2-7H3,(H,35,36)(H,37,38)/b22-9+,23-10+. The molecule has 2 heterocycles. The minimum atomic E-state index is -0.0233. The third-order valence-electron chi connectivity index (χ3n) is 6.83. The van der Waals surface area contributed by atoms with E-state index < -0.39 is 0 Å². The maximum Gasteiger partial charge on any atom is 0.138 e. The molecule has 5 nitrogen and oxygen atoms in total. The van der Waals surface area contributed by atoms with Gasteiger partial charge in [-0.05, 0) is 84.1 Å². The first-order valence-electron chi connectivity index (χ1n) is 13.4. The Hall–Kier alpha value is -4.38. The third kappa shape index (κ3) is 5.73. The van der Waals surface area contributed by atoms with Crippen LogP contribution in [-0.4, -0.2) is 19.9 Å². The van der Waals surface area contributed by atoms with Crippen LogP contribution in [0.4, 0.5) is 0 Å². The molecule has 0 atom stereocenters. The molecule has 5 heteroatoms. The van der Waals surface area contributed by atoms with E-state index in [2.05, 4.69) is 93.6 Å². The average Bonchev–Trinajstić information content (AvgIpc) is 3.53. The van der Waals surface area contributed by atoms with Crippen LogP contribution in [0.3, 0.4) is 0 Å². The van der Waals surface area contributed by atoms with Crippen molar-refractivity contribution in [2.45, 2.75) is 47.0 Å². The molecule has 0 aliphatic heterocycles. The van der Waals surface area contributed by atoms with E-state index >= 15 is 0 Å². The van der Waals surface area contributed by atoms with Crippen LogP contribution >= 0.6 is 0 Å². The number of hydrogen-bond donors (Lipinski definition) is 2. The Balaban J connectivity index is 1.36. The number of ether oxygens (including phenoxy) is 1. The molecule has 2 aromatic heterocycles. The highest BCUT2D eigenvalue weighted by Gasteiger charge is 2.18. The second kappa shape index (κ2) is 10.4. The molecule has 0 aliphatic rings. The molecule has 0 aliphatic carbocycles. The maximum atomic E-state index is 6.00. The number of H-pyrrole nitrogens is 2. The van der Waals surface area contributed by atoms with Gasteiger partial charge in [0.05, 0.1) is 22.1 Å². The summed E-state index contributed by atoms with van der Waals surface area (Å²) in [4.78, 5) is 16.6. The molecule has 0 unspecified atom stereocenters. The Kier molecular flexibility index (Phi) is 7.00. The van der Waals surface area contributed by atoms with Gasteiger partial charge in [0.2, 0.25) is 0 Å². The molecule has 0 bridgehead atoms. The van der Waals surface area contributed by atoms with Crippen LogP contribution in [0.15, 0.2) is 96.8 Å². The number of hydrogen-bond acceptors (Lipinski definition) is 3. The zero-order valence-corrected chi connectivity index (χ0v) is 23.6. The van der Waals surface area contributed by atoms with Gasteiger partial charge in [0.25, 0.3) is 0 Å². The first-order valence-corrected chi connectivity index (χ1v) is 13.4. The van der Waals surface area contributed by atoms with E-state index in [1.54, 1.807) is 0 Å². The van der Waals surface area contributed by atoms with Gasteiger partial charge in [0, 0.05) is 11.0 Å². The van der Waals surface area contributed by atoms with E-state index in [0.717, 1.165) is 61.9 Å². The molecule has 0 amide bonds. The zero-order chi connectivity index (χ0) is 27.7. The van der Waals surface area contributed by atoms with Crippen LogP contribution in [0.25, 0.3) is 44.6 Å². The lowest BCUT2D eigenvalue weighted by atomic mass is 9.96. The Morgan fingerprint density at radius 2 is 1.41 bits per heavy atom. The Bertz CT molecular complexity index is 1710. The summed E-state index contributed by atoms with van der Waals surface area (Å²) in [5.41, 5.74) is 8.39. The van der Waals surface area contributed by atoms with Crippen molar-refractivity contribution in [3.63, 3.8) is 0 Å². The summed E-state index contributed by atoms with van der Waals surface area (Å²) < 4.78 is 6.00. The van der Waals surface area contributed by atoms with Crippen molar-refractivity contribution in [3.8, 4) is 28.3 Å². The first kappa shape index (κ1) is 26.2. The predicted molar refractivity (Wildman–Crippen MR) is 163 cm³/mol. The van der Waals surface area contributed by atoms with Crippen molar-refractivity contribution in [2.24, 2.45) is 5.92 Å². The molecule has 0 spiro atoms. The summed E-state index contributed by atoms with van der Waals surface area (Å²) in [7, 11) is 0. The molecule has 0 fully saturated rings. The second-order valence-corrected chi connectivity index (χ2v) is 11.3. The number of aromatic nitrogens is 4. The zero-order valence-electron chi connectivity index (χ0n) is 23.6. The van der Waals surface area contributed by atoms with Gasteiger partial charge in [-0.2, -0.15) is 0 Å². The molecule has 39 heavy (non-hydrogen) atoms. The molecule has 3 aromatic carbocycles. The van der Waals surface area contributed by atoms with Crippen molar-refractivity contribution < 1.29 is 4.74 Å². The van der Waals surface area contributed by atoms with E-state index in [1.165, 1.54) is 5.57 Å². The summed E-state index contributed by atoms with van der Waals surface area (Å²) in [5, 5.41) is 0. The summed E-state index contributed by atoms with van der Waals surface area (Å²) in [6.45, 7) is 16.6. The summed E-state index contributed by atoms with van der Waals surface area (Å²) in [5.74, 6) is 3.85. The van der Waals surface area contributed by atoms with E-state index in [-0.39, 0.29) is 5.41 Å². The lowest BCUT2D eigenvalue weighted by Gasteiger charge is -2.13. The maximum absolute atomic E-state index is 6.00. The van der Waals surface area contributed by atoms with Crippen LogP contribution in [0, 0.1) is 5.92 Å². The van der Waals surface area contributed by atoms with Crippen LogP contribution in [0.2, 0.25) is 0 Å². The van der Waals surface area contributed by atoms with Gasteiger partial charge < -0.3 is 14.7 Å². The fourth-order valence-electron chi connectivity index (χ4n) is 4.48. The minimum Gasteiger partial charge on any atom is -0.462 e. The highest BCUT2D eigenvalue weighted by molar-refractivity contribution is 5.87. The topological polar surface area (TPSA) is 66.6 Å². The molecule has 5 aromatic rings. The number of rotatable bonds is 7. The van der Waals surface area contributed by atoms with Crippen LogP contribution in [-0.2, 0) is 5.41 Å². The molecule has 0 radical (unpaired) electrons. The van der Waals surface area contributed by atoms with Gasteiger partial charge in [0.15, 0.2) is 0 Å². The average molecular weight is 517 g/mol. The van der Waals surface area contributed by atoms with Gasteiger partial charge in [-0.15, -0.1) is 0 Å². The lowest BCUT2D eigenvalue weighted by Crippen LogP contribution is -2.12. The van der Waals surface area contributed by atoms with E-state index in [4.69, 9.17) is 14.7 Å². The summed E-state index contributed by atoms with van der Waals surface area (Å²) in [6.07, 6.45) is 5.93. The number of benzene rings is 3. The van der Waals surface area contributed by atoms with E-state index in [1.807, 2.05) is 43.3 Å². The number of allylic oxidation sites excluding steroid dienone is 5. The Labute approximate surface area is 230 Å². The second-order valence-electron chi connectivity index (χ2n) is 11.3. The van der Waals surface area contributed by atoms with Crippen molar-refractivity contribution in [1.82, 2.24) is 19.9 Å². The van der Waals surface area contributed by atoms with Gasteiger partial charge in [0.1, 0.15) is 23.2 Å². The number of fused-ring (bicyclic) bond motifs is 2. The Morgan fingerprint density at radius 3 is 2.00 bits per heavy atom. The van der Waals surface area contributed by atoms with Crippen LogP contribution in [0.5, 0.6) is 5.75 Å². The fraction of sp³-hybridized carbons (Fsp3) is 0.235. The number of nitrogens with zero attached hydrogens (tertiary/aromatic N) is 2. The first-order chi connectivity index (χ1) is 18.6. The fourth-order valence-corrected chi connectivity index (χ4v) is 4.48. The molecule has 198 valence electrons. The summed E-state index contributed by atoms with van der Waals surface area (Å²) in [6, 6.07) is 20.7. The molecule has 0 saturated heterocycles. The highest BCUT2D eigenvalue weighted by Crippen LogP contribution is 2.30. The van der Waals surface area contributed by atoms with Crippen molar-refractivity contribution in [3.05, 3.63) is 103 Å². The van der Waals surface area contributed by atoms with E-state index in [0.29, 0.717) is 5.92 Å². The molecular formula is C34H36N4O. The van der Waals surface area contributed by atoms with Crippen molar-refractivity contribution >= 4 is 22.1 Å². The Morgan fingerprint density at radius 1 is 0.821 bits per heavy atom. The SMILES string of the molecule is C=C/C(=C\C=C(/C)Oc1ccc(-c2nc3ccc(-c4ccc5nc(C(C)(C)C)[nH]c5c4)cc3[nH]2)cc1)C(C)C. The van der Waals surface area contributed by atoms with E-state index in [9.17, 15) is 0 Å². The molecule has 5 rings (SSSR count). The van der Waals surface area contributed by atoms with Crippen LogP contribution < -0.4 is 4.74 Å². The van der Waals surface area contributed by atoms with Gasteiger partial charge in [-0.3, -0.25) is 0 Å². The highest BCUT2D eigenvalue weighted by atomic mass is 16.5. The van der Waals surface area contributed by atoms with Gasteiger partial charge in [-0.25, -0.2) is 9.97 Å². The quantitative estimate of drug-likeness (QED) is 0.167. The van der Waals surface area contributed by atoms with Crippen molar-refractivity contribution in [2.75, 3.05) is 0 Å².